The zero-order valence-corrected chi connectivity index (χ0v) is 5.14. The van der Waals surface area contributed by atoms with Gasteiger partial charge < -0.3 is 10.8 Å². The van der Waals surface area contributed by atoms with Crippen LogP contribution in [0, 0.1) is 0 Å². The number of H-pyrrole nitrogens is 2. The molecule has 4 nitrogen and oxygen atoms in total. The van der Waals surface area contributed by atoms with E-state index in [1.165, 1.54) is 6.07 Å². The molecule has 0 spiro atoms. The van der Waals surface area contributed by atoms with Crippen molar-refractivity contribution in [2.75, 3.05) is 0 Å². The van der Waals surface area contributed by atoms with Gasteiger partial charge in [0.2, 0.25) is 0 Å². The predicted octanol–water partition coefficient (Wildman–Crippen LogP) is -0.277. The second kappa shape index (κ2) is 2.06. The third kappa shape index (κ3) is 1.20. The highest BCUT2D eigenvalue weighted by Crippen LogP contribution is 1.98. The van der Waals surface area contributed by atoms with Crippen LogP contribution in [0.3, 0.4) is 0 Å². The second-order valence-corrected chi connectivity index (χ2v) is 2.00. The van der Waals surface area contributed by atoms with Crippen LogP contribution in [0.15, 0.2) is 10.9 Å². The van der Waals surface area contributed by atoms with Crippen molar-refractivity contribution in [2.45, 2.75) is 13.0 Å². The number of rotatable bonds is 1. The quantitative estimate of drug-likeness (QED) is 0.485. The molecule has 0 saturated carbocycles. The van der Waals surface area contributed by atoms with Gasteiger partial charge in [-0.2, -0.15) is 0 Å². The van der Waals surface area contributed by atoms with Gasteiger partial charge in [-0.25, -0.2) is 0 Å². The Morgan fingerprint density at radius 3 is 2.56 bits per heavy atom. The lowest BCUT2D eigenvalue weighted by molar-refractivity contribution is 0.772. The van der Waals surface area contributed by atoms with E-state index in [1.54, 1.807) is 6.92 Å². The molecule has 0 radical (unpaired) electrons. The van der Waals surface area contributed by atoms with Crippen molar-refractivity contribution in [2.24, 2.45) is 5.73 Å². The van der Waals surface area contributed by atoms with E-state index in [4.69, 9.17) is 5.73 Å². The molecule has 1 aromatic heterocycles. The smallest absolute Gasteiger partial charge is 0.264 e. The summed E-state index contributed by atoms with van der Waals surface area (Å²) in [6.45, 7) is 1.80. The number of hydrogen-bond donors (Lipinski definition) is 3. The zero-order chi connectivity index (χ0) is 6.85. The molecule has 1 rings (SSSR count). The topological polar surface area (TPSA) is 74.7 Å². The Labute approximate surface area is 52.1 Å². The lowest BCUT2D eigenvalue weighted by Crippen LogP contribution is -2.05. The number of nitrogens with two attached hydrogens (primary N) is 1. The molecule has 0 saturated heterocycles. The van der Waals surface area contributed by atoms with E-state index in [0.717, 1.165) is 5.69 Å². The van der Waals surface area contributed by atoms with E-state index in [9.17, 15) is 4.79 Å². The molecule has 0 aliphatic rings. The van der Waals surface area contributed by atoms with Gasteiger partial charge in [-0.05, 0) is 6.92 Å². The van der Waals surface area contributed by atoms with E-state index >= 15 is 0 Å². The minimum Gasteiger partial charge on any atom is -0.323 e. The van der Waals surface area contributed by atoms with Gasteiger partial charge in [0.15, 0.2) is 0 Å². The molecule has 1 aromatic rings. The van der Waals surface area contributed by atoms with E-state index in [-0.39, 0.29) is 11.6 Å². The fourth-order valence-electron chi connectivity index (χ4n) is 0.592. The van der Waals surface area contributed by atoms with Crippen molar-refractivity contribution in [1.29, 1.82) is 0 Å². The maximum atomic E-state index is 10.5. The van der Waals surface area contributed by atoms with Crippen LogP contribution in [0.1, 0.15) is 18.7 Å². The normalized spacial score (nSPS) is 13.6. The van der Waals surface area contributed by atoms with Gasteiger partial charge in [0.1, 0.15) is 0 Å². The number of nitrogens with one attached hydrogen (secondary N) is 2. The minimum absolute atomic E-state index is 0.107. The Morgan fingerprint density at radius 1 is 1.67 bits per heavy atom. The monoisotopic (exact) mass is 127 g/mol. The lowest BCUT2D eigenvalue weighted by Gasteiger charge is -1.96. The molecule has 0 amide bonds. The van der Waals surface area contributed by atoms with Gasteiger partial charge in [0, 0.05) is 12.1 Å². The van der Waals surface area contributed by atoms with Crippen LogP contribution in [0.25, 0.3) is 0 Å². The van der Waals surface area contributed by atoms with E-state index in [0.29, 0.717) is 0 Å². The zero-order valence-electron chi connectivity index (χ0n) is 5.14. The highest BCUT2D eigenvalue weighted by Gasteiger charge is 1.99. The summed E-state index contributed by atoms with van der Waals surface area (Å²) < 4.78 is 0. The average molecular weight is 127 g/mol. The van der Waals surface area contributed by atoms with Gasteiger partial charge in [-0.1, -0.05) is 0 Å². The summed E-state index contributed by atoms with van der Waals surface area (Å²) in [5.41, 5.74) is 6.04. The predicted molar refractivity (Wildman–Crippen MR) is 34.0 cm³/mol. The summed E-state index contributed by atoms with van der Waals surface area (Å²) in [4.78, 5) is 10.5. The number of aromatic nitrogens is 2. The third-order valence-corrected chi connectivity index (χ3v) is 1.11. The number of hydrogen-bond acceptors (Lipinski definition) is 2. The molecule has 4 N–H and O–H groups in total. The molecule has 0 aliphatic carbocycles. The maximum absolute atomic E-state index is 10.5. The summed E-state index contributed by atoms with van der Waals surface area (Å²) >= 11 is 0. The summed E-state index contributed by atoms with van der Waals surface area (Å²) in [5, 5.41) is 5.03. The summed E-state index contributed by atoms with van der Waals surface area (Å²) in [7, 11) is 0. The Kier molecular flexibility index (Phi) is 1.40. The third-order valence-electron chi connectivity index (χ3n) is 1.11. The van der Waals surface area contributed by atoms with Gasteiger partial charge in [0.25, 0.3) is 5.56 Å². The standard InChI is InChI=1S/C5H9N3O/c1-3(6)4-2-5(9)8-7-4/h2-3H,6H2,1H3,(H2,7,8,9)/t3-/m0/s1. The average Bonchev–Trinajstić information content (AvgIpc) is 2.14. The molecule has 9 heavy (non-hydrogen) atoms. The van der Waals surface area contributed by atoms with E-state index < -0.39 is 0 Å². The molecule has 1 atom stereocenters. The van der Waals surface area contributed by atoms with Crippen LogP contribution in [-0.2, 0) is 0 Å². The van der Waals surface area contributed by atoms with Crippen LogP contribution in [0.2, 0.25) is 0 Å². The summed E-state index contributed by atoms with van der Waals surface area (Å²) in [6.07, 6.45) is 0. The van der Waals surface area contributed by atoms with E-state index in [2.05, 4.69) is 10.2 Å². The molecule has 0 aromatic carbocycles. The molecule has 0 unspecified atom stereocenters. The van der Waals surface area contributed by atoms with Crippen LogP contribution < -0.4 is 11.3 Å². The SMILES string of the molecule is C[C@H](N)c1cc(=O)[nH][nH]1. The van der Waals surface area contributed by atoms with E-state index in [1.807, 2.05) is 0 Å². The lowest BCUT2D eigenvalue weighted by atomic mass is 10.3. The summed E-state index contributed by atoms with van der Waals surface area (Å²) in [5.74, 6) is 0. The van der Waals surface area contributed by atoms with Crippen LogP contribution in [0.5, 0.6) is 0 Å². The maximum Gasteiger partial charge on any atom is 0.264 e. The van der Waals surface area contributed by atoms with Crippen LogP contribution >= 0.6 is 0 Å². The van der Waals surface area contributed by atoms with Gasteiger partial charge >= 0.3 is 0 Å². The number of aromatic amines is 2. The first kappa shape index (κ1) is 6.10. The molecular formula is C5H9N3O. The van der Waals surface area contributed by atoms with Crippen molar-refractivity contribution in [3.63, 3.8) is 0 Å². The van der Waals surface area contributed by atoms with Crippen molar-refractivity contribution < 1.29 is 0 Å². The summed E-state index contributed by atoms with van der Waals surface area (Å²) in [6, 6.07) is 1.34. The molecule has 50 valence electrons. The Bertz CT molecular complexity index is 234. The molecule has 1 heterocycles. The molecule has 0 bridgehead atoms. The second-order valence-electron chi connectivity index (χ2n) is 2.00. The van der Waals surface area contributed by atoms with Crippen molar-refractivity contribution in [3.05, 3.63) is 22.1 Å². The van der Waals surface area contributed by atoms with Crippen LogP contribution in [0.4, 0.5) is 0 Å². The largest absolute Gasteiger partial charge is 0.323 e. The van der Waals surface area contributed by atoms with Gasteiger partial charge in [0.05, 0.1) is 5.69 Å². The molecule has 0 fully saturated rings. The molecular weight excluding hydrogens is 118 g/mol. The van der Waals surface area contributed by atoms with Gasteiger partial charge in [-0.3, -0.25) is 9.89 Å². The van der Waals surface area contributed by atoms with Crippen molar-refractivity contribution in [1.82, 2.24) is 10.2 Å². The Morgan fingerprint density at radius 2 is 2.33 bits per heavy atom. The first-order valence-corrected chi connectivity index (χ1v) is 2.73. The highest BCUT2D eigenvalue weighted by molar-refractivity contribution is 5.01. The van der Waals surface area contributed by atoms with Gasteiger partial charge in [-0.15, -0.1) is 0 Å². The first-order chi connectivity index (χ1) is 4.20. The molecule has 0 aliphatic heterocycles. The molecule has 4 heteroatoms. The fourth-order valence-corrected chi connectivity index (χ4v) is 0.592. The van der Waals surface area contributed by atoms with Crippen molar-refractivity contribution >= 4 is 0 Å². The fraction of sp³-hybridized carbons (Fsp3) is 0.400. The van der Waals surface area contributed by atoms with Crippen molar-refractivity contribution in [3.8, 4) is 0 Å². The minimum atomic E-state index is -0.137. The highest BCUT2D eigenvalue weighted by atomic mass is 16.1. The first-order valence-electron chi connectivity index (χ1n) is 2.73. The Hall–Kier alpha value is -1.03. The Balaban J connectivity index is 2.98. The van der Waals surface area contributed by atoms with Crippen LogP contribution in [-0.4, -0.2) is 10.2 Å².